The van der Waals surface area contributed by atoms with Gasteiger partial charge in [0.1, 0.15) is 6.04 Å². The van der Waals surface area contributed by atoms with Crippen molar-refractivity contribution in [3.8, 4) is 0 Å². The molecule has 6 nitrogen and oxygen atoms in total. The van der Waals surface area contributed by atoms with Gasteiger partial charge in [-0.2, -0.15) is 4.31 Å². The average Bonchev–Trinajstić information content (AvgIpc) is 2.88. The number of hydrogen-bond acceptors (Lipinski definition) is 5. The highest BCUT2D eigenvalue weighted by molar-refractivity contribution is 8.00. The smallest absolute Gasteiger partial charge is 0.322 e. The molecule has 1 N–H and O–H groups in total. The molecule has 0 saturated carbocycles. The number of nitrogens with zero attached hydrogens (tertiary/aromatic N) is 1. The first kappa shape index (κ1) is 14.0. The van der Waals surface area contributed by atoms with Gasteiger partial charge in [0.05, 0.1) is 10.8 Å². The minimum Gasteiger partial charge on any atom is -0.480 e. The highest BCUT2D eigenvalue weighted by Crippen LogP contribution is 2.29. The summed E-state index contributed by atoms with van der Waals surface area (Å²) in [6, 6.07) is 4.66. The molecule has 0 radical (unpaired) electrons. The monoisotopic (exact) mass is 301 g/mol. The number of carbonyl (C=O) groups excluding carboxylic acids is 1. The Morgan fingerprint density at radius 3 is 2.74 bits per heavy atom. The zero-order valence-electron chi connectivity index (χ0n) is 9.72. The van der Waals surface area contributed by atoms with E-state index in [-0.39, 0.29) is 22.1 Å². The van der Waals surface area contributed by atoms with E-state index in [1.165, 1.54) is 30.0 Å². The van der Waals surface area contributed by atoms with Gasteiger partial charge in [-0.05, 0) is 6.07 Å². The molecule has 1 aromatic rings. The Balaban J connectivity index is 2.48. The number of thioether (sulfide) groups is 1. The Morgan fingerprint density at radius 2 is 2.11 bits per heavy atom. The van der Waals surface area contributed by atoms with Crippen LogP contribution < -0.4 is 0 Å². The van der Waals surface area contributed by atoms with Gasteiger partial charge in [0, 0.05) is 11.3 Å². The summed E-state index contributed by atoms with van der Waals surface area (Å²) in [5.74, 6) is -0.901. The van der Waals surface area contributed by atoms with Crippen LogP contribution in [0.4, 0.5) is 0 Å². The fourth-order valence-electron chi connectivity index (χ4n) is 1.80. The summed E-state index contributed by atoms with van der Waals surface area (Å²) in [6.45, 7) is 0. The third-order valence-corrected chi connectivity index (χ3v) is 5.86. The Bertz CT molecular complexity index is 613. The van der Waals surface area contributed by atoms with Crippen LogP contribution >= 0.6 is 11.8 Å². The molecule has 1 heterocycles. The van der Waals surface area contributed by atoms with Crippen LogP contribution in [0.25, 0.3) is 0 Å². The maximum atomic E-state index is 12.4. The van der Waals surface area contributed by atoms with Crippen molar-refractivity contribution < 1.29 is 23.1 Å². The predicted molar refractivity (Wildman–Crippen MR) is 69.6 cm³/mol. The third kappa shape index (κ3) is 2.51. The minimum absolute atomic E-state index is 0.0311. The molecule has 1 aromatic carbocycles. The first-order valence-electron chi connectivity index (χ1n) is 5.35. The largest absolute Gasteiger partial charge is 0.480 e. The zero-order chi connectivity index (χ0) is 14.0. The lowest BCUT2D eigenvalue weighted by Crippen LogP contribution is -2.41. The van der Waals surface area contributed by atoms with E-state index in [9.17, 15) is 18.0 Å². The molecule has 19 heavy (non-hydrogen) atoms. The van der Waals surface area contributed by atoms with E-state index in [1.54, 1.807) is 6.07 Å². The highest BCUT2D eigenvalue weighted by Gasteiger charge is 2.40. The number of carbonyl (C=O) groups is 2. The Morgan fingerprint density at radius 1 is 1.42 bits per heavy atom. The van der Waals surface area contributed by atoms with Crippen molar-refractivity contribution >= 4 is 34.0 Å². The van der Waals surface area contributed by atoms with Crippen LogP contribution in [0.1, 0.15) is 10.4 Å². The molecule has 1 saturated heterocycles. The van der Waals surface area contributed by atoms with Gasteiger partial charge in [-0.25, -0.2) is 8.42 Å². The molecule has 2 rings (SSSR count). The Kier molecular flexibility index (Phi) is 3.93. The van der Waals surface area contributed by atoms with Crippen molar-refractivity contribution in [3.05, 3.63) is 29.8 Å². The van der Waals surface area contributed by atoms with Crippen LogP contribution in [-0.2, 0) is 14.8 Å². The fourth-order valence-corrected chi connectivity index (χ4v) is 5.10. The van der Waals surface area contributed by atoms with E-state index in [1.807, 2.05) is 0 Å². The number of sulfonamides is 1. The highest BCUT2D eigenvalue weighted by atomic mass is 32.2. The second kappa shape index (κ2) is 5.32. The van der Waals surface area contributed by atoms with Crippen LogP contribution in [0.2, 0.25) is 0 Å². The molecule has 102 valence electrons. The second-order valence-electron chi connectivity index (χ2n) is 3.90. The van der Waals surface area contributed by atoms with E-state index >= 15 is 0 Å². The van der Waals surface area contributed by atoms with Crippen LogP contribution in [0.15, 0.2) is 29.2 Å². The Hall–Kier alpha value is -1.38. The van der Waals surface area contributed by atoms with Gasteiger partial charge in [0.25, 0.3) is 0 Å². The molecule has 0 bridgehead atoms. The van der Waals surface area contributed by atoms with Gasteiger partial charge in [-0.3, -0.25) is 9.59 Å². The van der Waals surface area contributed by atoms with Gasteiger partial charge in [-0.1, -0.05) is 18.2 Å². The summed E-state index contributed by atoms with van der Waals surface area (Å²) in [6.07, 6.45) is 0.450. The molecule has 1 atom stereocenters. The van der Waals surface area contributed by atoms with Crippen LogP contribution in [0.3, 0.4) is 0 Å². The van der Waals surface area contributed by atoms with Crippen molar-refractivity contribution in [2.75, 3.05) is 11.6 Å². The SMILES string of the molecule is O=Cc1ccccc1S(=O)(=O)N1CSCC1C(=O)O. The lowest BCUT2D eigenvalue weighted by molar-refractivity contribution is -0.140. The third-order valence-electron chi connectivity index (χ3n) is 2.76. The van der Waals surface area contributed by atoms with Gasteiger partial charge >= 0.3 is 5.97 Å². The number of aliphatic carboxylic acids is 1. The van der Waals surface area contributed by atoms with E-state index in [2.05, 4.69) is 0 Å². The Labute approximate surface area is 114 Å². The molecule has 1 fully saturated rings. The summed E-state index contributed by atoms with van der Waals surface area (Å²) in [5, 5.41) is 9.03. The molecule has 1 unspecified atom stereocenters. The van der Waals surface area contributed by atoms with E-state index in [4.69, 9.17) is 5.11 Å². The van der Waals surface area contributed by atoms with Crippen molar-refractivity contribution in [2.45, 2.75) is 10.9 Å². The molecule has 0 aromatic heterocycles. The molecular formula is C11H11NO5S2. The zero-order valence-corrected chi connectivity index (χ0v) is 11.4. The number of benzene rings is 1. The van der Waals surface area contributed by atoms with Crippen molar-refractivity contribution in [3.63, 3.8) is 0 Å². The quantitative estimate of drug-likeness (QED) is 0.821. The van der Waals surface area contributed by atoms with E-state index in [0.29, 0.717) is 6.29 Å². The van der Waals surface area contributed by atoms with Gasteiger partial charge in [0.15, 0.2) is 6.29 Å². The second-order valence-corrected chi connectivity index (χ2v) is 6.76. The number of hydrogen-bond donors (Lipinski definition) is 1. The lowest BCUT2D eigenvalue weighted by atomic mass is 10.2. The minimum atomic E-state index is -3.98. The normalized spacial score (nSPS) is 20.3. The summed E-state index contributed by atoms with van der Waals surface area (Å²) in [5.41, 5.74) is 0.0311. The maximum Gasteiger partial charge on any atom is 0.322 e. The number of rotatable bonds is 4. The first-order chi connectivity index (χ1) is 8.98. The molecule has 0 aliphatic carbocycles. The van der Waals surface area contributed by atoms with Gasteiger partial charge < -0.3 is 5.11 Å². The summed E-state index contributed by atoms with van der Waals surface area (Å²) in [7, 11) is -3.98. The van der Waals surface area contributed by atoms with E-state index in [0.717, 1.165) is 4.31 Å². The van der Waals surface area contributed by atoms with Crippen LogP contribution in [0, 0.1) is 0 Å². The molecule has 0 amide bonds. The standard InChI is InChI=1S/C11H11NO5S2/c13-5-8-3-1-2-4-10(8)19(16,17)12-7-18-6-9(12)11(14)15/h1-5,9H,6-7H2,(H,14,15). The molecule has 1 aliphatic rings. The van der Waals surface area contributed by atoms with Crippen LogP contribution in [-0.4, -0.2) is 47.8 Å². The number of carboxylic acids is 1. The van der Waals surface area contributed by atoms with E-state index < -0.39 is 22.0 Å². The molecule has 0 spiro atoms. The number of carboxylic acid groups (broad SMARTS) is 1. The average molecular weight is 301 g/mol. The fraction of sp³-hybridized carbons (Fsp3) is 0.273. The molecular weight excluding hydrogens is 290 g/mol. The van der Waals surface area contributed by atoms with Crippen molar-refractivity contribution in [2.24, 2.45) is 0 Å². The predicted octanol–water partition coefficient (Wildman–Crippen LogP) is 0.647. The summed E-state index contributed by atoms with van der Waals surface area (Å²) in [4.78, 5) is 21.8. The summed E-state index contributed by atoms with van der Waals surface area (Å²) >= 11 is 1.23. The van der Waals surface area contributed by atoms with Crippen LogP contribution in [0.5, 0.6) is 0 Å². The molecule has 1 aliphatic heterocycles. The van der Waals surface area contributed by atoms with Gasteiger partial charge in [0.2, 0.25) is 10.0 Å². The molecule has 8 heteroatoms. The van der Waals surface area contributed by atoms with Crippen molar-refractivity contribution in [1.82, 2.24) is 4.31 Å². The lowest BCUT2D eigenvalue weighted by Gasteiger charge is -2.20. The van der Waals surface area contributed by atoms with Gasteiger partial charge in [-0.15, -0.1) is 11.8 Å². The number of aldehydes is 1. The maximum absolute atomic E-state index is 12.4. The first-order valence-corrected chi connectivity index (χ1v) is 7.94. The summed E-state index contributed by atoms with van der Waals surface area (Å²) < 4.78 is 25.8. The van der Waals surface area contributed by atoms with Crippen molar-refractivity contribution in [1.29, 1.82) is 0 Å². The topological polar surface area (TPSA) is 91.8 Å².